The van der Waals surface area contributed by atoms with Crippen LogP contribution in [0.25, 0.3) is 0 Å². The highest BCUT2D eigenvalue weighted by molar-refractivity contribution is 7.98. The third-order valence-corrected chi connectivity index (χ3v) is 6.71. The molecule has 0 bridgehead atoms. The van der Waals surface area contributed by atoms with Gasteiger partial charge in [0.2, 0.25) is 17.7 Å². The molecule has 9 N–H and O–H groups in total. The second-order valence-electron chi connectivity index (χ2n) is 8.18. The van der Waals surface area contributed by atoms with E-state index in [1.165, 1.54) is 23.5 Å². The fraction of sp³-hybridized carbons (Fsp3) is 0.762. The maximum atomic E-state index is 13.2. The van der Waals surface area contributed by atoms with E-state index in [1.807, 2.05) is 12.5 Å². The second kappa shape index (κ2) is 17.3. The van der Waals surface area contributed by atoms with Gasteiger partial charge in [-0.25, -0.2) is 4.79 Å². The van der Waals surface area contributed by atoms with Gasteiger partial charge in [0.05, 0.1) is 6.04 Å². The molecule has 12 nitrogen and oxygen atoms in total. The van der Waals surface area contributed by atoms with Gasteiger partial charge in [-0.1, -0.05) is 0 Å². The van der Waals surface area contributed by atoms with Crippen molar-refractivity contribution in [3.05, 3.63) is 0 Å². The number of carbonyl (C=O) groups is 4. The molecular weight excluding hydrogens is 494 g/mol. The first-order valence-electron chi connectivity index (χ1n) is 11.6. The molecule has 0 aliphatic carbocycles. The van der Waals surface area contributed by atoms with Crippen LogP contribution in [0.3, 0.4) is 0 Å². The third kappa shape index (κ3) is 12.4. The van der Waals surface area contributed by atoms with Crippen LogP contribution in [0.5, 0.6) is 0 Å². The van der Waals surface area contributed by atoms with Crippen molar-refractivity contribution in [2.24, 2.45) is 16.5 Å². The van der Waals surface area contributed by atoms with Crippen LogP contribution in [0.15, 0.2) is 4.99 Å². The fourth-order valence-corrected chi connectivity index (χ4v) is 4.44. The number of carboxylic acids is 1. The maximum absolute atomic E-state index is 13.2. The molecule has 200 valence electrons. The molecule has 1 saturated heterocycles. The molecule has 0 saturated carbocycles. The minimum absolute atomic E-state index is 0.0616. The van der Waals surface area contributed by atoms with Crippen LogP contribution >= 0.6 is 23.5 Å². The molecule has 0 aromatic carbocycles. The van der Waals surface area contributed by atoms with Crippen molar-refractivity contribution in [2.45, 2.75) is 62.7 Å². The van der Waals surface area contributed by atoms with Crippen molar-refractivity contribution in [1.29, 1.82) is 0 Å². The topological polar surface area (TPSA) is 201 Å². The summed E-state index contributed by atoms with van der Waals surface area (Å²) < 4.78 is 0. The Morgan fingerprint density at radius 2 is 1.54 bits per heavy atom. The Bertz CT molecular complexity index is 731. The van der Waals surface area contributed by atoms with Gasteiger partial charge in [0.15, 0.2) is 5.96 Å². The van der Waals surface area contributed by atoms with Crippen LogP contribution in [0, 0.1) is 0 Å². The number of thioether (sulfide) groups is 2. The molecule has 0 radical (unpaired) electrons. The molecule has 3 amide bonds. The van der Waals surface area contributed by atoms with Crippen molar-refractivity contribution in [1.82, 2.24) is 21.3 Å². The molecule has 1 fully saturated rings. The number of hydrogen-bond acceptors (Lipinski definition) is 8. The van der Waals surface area contributed by atoms with Crippen LogP contribution in [0.1, 0.15) is 38.5 Å². The summed E-state index contributed by atoms with van der Waals surface area (Å²) in [5, 5.41) is 20.6. The number of carbonyl (C=O) groups excluding carboxylic acids is 3. The highest BCUT2D eigenvalue weighted by atomic mass is 32.2. The fourth-order valence-electron chi connectivity index (χ4n) is 3.50. The average molecular weight is 534 g/mol. The largest absolute Gasteiger partial charge is 0.480 e. The molecule has 4 atom stereocenters. The van der Waals surface area contributed by atoms with Crippen molar-refractivity contribution < 1.29 is 24.3 Å². The van der Waals surface area contributed by atoms with Crippen LogP contribution in [0.4, 0.5) is 0 Å². The van der Waals surface area contributed by atoms with Gasteiger partial charge < -0.3 is 37.8 Å². The number of guanidine groups is 1. The Morgan fingerprint density at radius 3 is 2.06 bits per heavy atom. The highest BCUT2D eigenvalue weighted by Gasteiger charge is 2.31. The van der Waals surface area contributed by atoms with E-state index in [1.54, 1.807) is 0 Å². The molecule has 1 aliphatic heterocycles. The Morgan fingerprint density at radius 1 is 0.971 bits per heavy atom. The predicted molar refractivity (Wildman–Crippen MR) is 140 cm³/mol. The number of nitrogens with one attached hydrogen (secondary N) is 4. The zero-order chi connectivity index (χ0) is 26.2. The zero-order valence-electron chi connectivity index (χ0n) is 20.4. The van der Waals surface area contributed by atoms with E-state index in [0.717, 1.165) is 13.0 Å². The molecule has 0 aromatic rings. The lowest BCUT2D eigenvalue weighted by molar-refractivity contribution is -0.142. The minimum Gasteiger partial charge on any atom is -0.480 e. The number of nitrogens with zero attached hydrogens (tertiary/aromatic N) is 1. The van der Waals surface area contributed by atoms with Gasteiger partial charge in [0.25, 0.3) is 0 Å². The molecule has 35 heavy (non-hydrogen) atoms. The summed E-state index contributed by atoms with van der Waals surface area (Å²) in [6.45, 7) is 1.02. The van der Waals surface area contributed by atoms with Gasteiger partial charge in [-0.3, -0.25) is 19.4 Å². The number of hydrogen-bond donors (Lipinski definition) is 7. The van der Waals surface area contributed by atoms with E-state index in [0.29, 0.717) is 30.8 Å². The number of rotatable bonds is 17. The van der Waals surface area contributed by atoms with Gasteiger partial charge in [0.1, 0.15) is 18.1 Å². The molecule has 14 heteroatoms. The standard InChI is InChI=1S/C21H39N7O5S2/c1-34-11-7-15(19(31)28-16(20(32)33)8-12-35-2)27-18(30)14(6-4-10-25-21(22)23)26-17(29)13-5-3-9-24-13/h13-16,24H,3-12H2,1-2H3,(H,26,29)(H,27,30)(H,28,31)(H,32,33)(H4,22,23,25). The summed E-state index contributed by atoms with van der Waals surface area (Å²) in [6, 6.07) is -3.25. The van der Waals surface area contributed by atoms with Crippen LogP contribution in [-0.4, -0.2) is 96.0 Å². The Balaban J connectivity index is 2.91. The number of aliphatic carboxylic acids is 1. The second-order valence-corrected chi connectivity index (χ2v) is 10.2. The van der Waals surface area contributed by atoms with Crippen molar-refractivity contribution in [3.63, 3.8) is 0 Å². The summed E-state index contributed by atoms with van der Waals surface area (Å²) in [4.78, 5) is 54.2. The van der Waals surface area contributed by atoms with Crippen LogP contribution < -0.4 is 32.7 Å². The van der Waals surface area contributed by atoms with E-state index in [4.69, 9.17) is 11.5 Å². The van der Waals surface area contributed by atoms with Gasteiger partial charge in [-0.2, -0.15) is 23.5 Å². The lowest BCUT2D eigenvalue weighted by Gasteiger charge is -2.25. The molecule has 4 unspecified atom stereocenters. The number of amides is 3. The number of aliphatic imine (C=N–C) groups is 1. The third-order valence-electron chi connectivity index (χ3n) is 5.42. The predicted octanol–water partition coefficient (Wildman–Crippen LogP) is -1.16. The molecule has 0 aromatic heterocycles. The first-order chi connectivity index (χ1) is 16.7. The van der Waals surface area contributed by atoms with E-state index in [2.05, 4.69) is 26.3 Å². The van der Waals surface area contributed by atoms with E-state index < -0.39 is 35.9 Å². The van der Waals surface area contributed by atoms with E-state index >= 15 is 0 Å². The Kier molecular flexibility index (Phi) is 15.2. The van der Waals surface area contributed by atoms with E-state index in [9.17, 15) is 24.3 Å². The Hall–Kier alpha value is -2.19. The number of nitrogens with two attached hydrogens (primary N) is 2. The van der Waals surface area contributed by atoms with Gasteiger partial charge in [-0.15, -0.1) is 0 Å². The van der Waals surface area contributed by atoms with Crippen molar-refractivity contribution in [3.8, 4) is 0 Å². The molecular formula is C21H39N7O5S2. The first-order valence-corrected chi connectivity index (χ1v) is 14.4. The molecule has 1 aliphatic rings. The van der Waals surface area contributed by atoms with Crippen molar-refractivity contribution >= 4 is 53.2 Å². The SMILES string of the molecule is CSCCC(NC(=O)C(CCSC)NC(=O)C(CCCN=C(N)N)NC(=O)C1CCCN1)C(=O)O. The summed E-state index contributed by atoms with van der Waals surface area (Å²) in [5.41, 5.74) is 10.7. The quantitative estimate of drug-likeness (QED) is 0.0679. The zero-order valence-corrected chi connectivity index (χ0v) is 22.0. The molecule has 1 heterocycles. The lowest BCUT2D eigenvalue weighted by atomic mass is 10.1. The normalized spacial score (nSPS) is 17.6. The number of carboxylic acid groups (broad SMARTS) is 1. The van der Waals surface area contributed by atoms with E-state index in [-0.39, 0.29) is 37.3 Å². The molecule has 1 rings (SSSR count). The lowest BCUT2D eigenvalue weighted by Crippen LogP contribution is -2.57. The van der Waals surface area contributed by atoms with Gasteiger partial charge in [-0.05, 0) is 69.1 Å². The monoisotopic (exact) mass is 533 g/mol. The van der Waals surface area contributed by atoms with Crippen molar-refractivity contribution in [2.75, 3.05) is 37.1 Å². The first kappa shape index (κ1) is 30.8. The van der Waals surface area contributed by atoms with Gasteiger partial charge >= 0.3 is 5.97 Å². The summed E-state index contributed by atoms with van der Waals surface area (Å²) >= 11 is 2.98. The molecule has 0 spiro atoms. The smallest absolute Gasteiger partial charge is 0.326 e. The summed E-state index contributed by atoms with van der Waals surface area (Å²) in [5.74, 6) is -1.41. The van der Waals surface area contributed by atoms with Crippen LogP contribution in [0.2, 0.25) is 0 Å². The van der Waals surface area contributed by atoms with Gasteiger partial charge in [0, 0.05) is 6.54 Å². The summed E-state index contributed by atoms with van der Waals surface area (Å²) in [6.07, 6.45) is 6.56. The average Bonchev–Trinajstić information content (AvgIpc) is 3.35. The highest BCUT2D eigenvalue weighted by Crippen LogP contribution is 2.09. The Labute approximate surface area is 214 Å². The summed E-state index contributed by atoms with van der Waals surface area (Å²) in [7, 11) is 0. The van der Waals surface area contributed by atoms with Crippen LogP contribution in [-0.2, 0) is 19.2 Å². The minimum atomic E-state index is -1.13. The maximum Gasteiger partial charge on any atom is 0.326 e.